The zero-order chi connectivity index (χ0) is 11.1. The van der Waals surface area contributed by atoms with Crippen LogP contribution in [0.3, 0.4) is 0 Å². The first-order valence-electron chi connectivity index (χ1n) is 5.13. The fourth-order valence-corrected chi connectivity index (χ4v) is 2.54. The number of aromatic nitrogens is 2. The van der Waals surface area contributed by atoms with E-state index in [1.807, 2.05) is 18.7 Å². The number of nitrogens with zero attached hydrogens (tertiary/aromatic N) is 2. The predicted molar refractivity (Wildman–Crippen MR) is 61.8 cm³/mol. The maximum atomic E-state index is 10.3. The summed E-state index contributed by atoms with van der Waals surface area (Å²) >= 11 is 3.52. The first kappa shape index (κ1) is 11.1. The van der Waals surface area contributed by atoms with E-state index in [0.717, 1.165) is 28.8 Å². The molecule has 2 rings (SSSR count). The van der Waals surface area contributed by atoms with Crippen LogP contribution in [0.25, 0.3) is 0 Å². The molecule has 2 N–H and O–H groups in total. The molecule has 1 saturated heterocycles. The normalized spacial score (nSPS) is 26.1. The number of hydrogen-bond acceptors (Lipinski definition) is 3. The van der Waals surface area contributed by atoms with E-state index in [9.17, 15) is 5.11 Å². The summed E-state index contributed by atoms with van der Waals surface area (Å²) in [5, 5.41) is 17.8. The molecule has 1 atom stereocenters. The Labute approximate surface area is 97.8 Å². The Morgan fingerprint density at radius 2 is 2.40 bits per heavy atom. The highest BCUT2D eigenvalue weighted by Gasteiger charge is 2.33. The Hall–Kier alpha value is -0.390. The minimum atomic E-state index is -0.608. The van der Waals surface area contributed by atoms with Crippen molar-refractivity contribution in [2.75, 3.05) is 13.1 Å². The molecule has 0 aliphatic carbocycles. The third-order valence-electron chi connectivity index (χ3n) is 2.98. The van der Waals surface area contributed by atoms with E-state index < -0.39 is 5.60 Å². The molecule has 1 aromatic rings. The van der Waals surface area contributed by atoms with E-state index >= 15 is 0 Å². The van der Waals surface area contributed by atoms with Crippen molar-refractivity contribution < 1.29 is 5.11 Å². The van der Waals surface area contributed by atoms with Gasteiger partial charge in [-0.25, -0.2) is 0 Å². The highest BCUT2D eigenvalue weighted by molar-refractivity contribution is 9.10. The van der Waals surface area contributed by atoms with Crippen molar-refractivity contribution in [3.8, 4) is 0 Å². The lowest BCUT2D eigenvalue weighted by Crippen LogP contribution is -2.34. The van der Waals surface area contributed by atoms with Crippen LogP contribution >= 0.6 is 15.9 Å². The van der Waals surface area contributed by atoms with Crippen molar-refractivity contribution in [2.24, 2.45) is 7.05 Å². The Kier molecular flexibility index (Phi) is 2.87. The number of halogens is 1. The van der Waals surface area contributed by atoms with E-state index in [0.29, 0.717) is 13.0 Å². The molecule has 15 heavy (non-hydrogen) atoms. The van der Waals surface area contributed by atoms with Crippen LogP contribution in [0.15, 0.2) is 4.47 Å². The Balaban J connectivity index is 2.23. The van der Waals surface area contributed by atoms with Crippen molar-refractivity contribution in [2.45, 2.75) is 25.4 Å². The molecule has 0 saturated carbocycles. The number of aliphatic hydroxyl groups is 1. The first-order chi connectivity index (χ1) is 7.02. The lowest BCUT2D eigenvalue weighted by molar-refractivity contribution is 0.0597. The molecule has 5 heteroatoms. The minimum Gasteiger partial charge on any atom is -0.388 e. The quantitative estimate of drug-likeness (QED) is 0.837. The van der Waals surface area contributed by atoms with Gasteiger partial charge in [0.15, 0.2) is 0 Å². The molecular formula is C10H16BrN3O. The van der Waals surface area contributed by atoms with Gasteiger partial charge in [0.2, 0.25) is 0 Å². The highest BCUT2D eigenvalue weighted by Crippen LogP contribution is 2.27. The average molecular weight is 274 g/mol. The maximum Gasteiger partial charge on any atom is 0.0839 e. The molecule has 2 heterocycles. The summed E-state index contributed by atoms with van der Waals surface area (Å²) in [4.78, 5) is 0. The Morgan fingerprint density at radius 3 is 2.87 bits per heavy atom. The van der Waals surface area contributed by atoms with Gasteiger partial charge in [0.25, 0.3) is 0 Å². The number of rotatable bonds is 2. The van der Waals surface area contributed by atoms with E-state index in [-0.39, 0.29) is 0 Å². The van der Waals surface area contributed by atoms with Crippen LogP contribution in [0, 0.1) is 6.92 Å². The largest absolute Gasteiger partial charge is 0.388 e. The lowest BCUT2D eigenvalue weighted by Gasteiger charge is -2.21. The summed E-state index contributed by atoms with van der Waals surface area (Å²) in [6, 6.07) is 0. The number of β-amino-alcohol motifs (C(OH)–C–C–N with tert-alkyl or cyclic N) is 1. The lowest BCUT2D eigenvalue weighted by atomic mass is 9.97. The molecular weight excluding hydrogens is 258 g/mol. The van der Waals surface area contributed by atoms with Crippen LogP contribution < -0.4 is 5.32 Å². The molecule has 1 aromatic heterocycles. The topological polar surface area (TPSA) is 50.1 Å². The van der Waals surface area contributed by atoms with E-state index in [4.69, 9.17) is 0 Å². The molecule has 0 aromatic carbocycles. The summed E-state index contributed by atoms with van der Waals surface area (Å²) in [7, 11) is 1.92. The summed E-state index contributed by atoms with van der Waals surface area (Å²) in [5.41, 5.74) is 1.43. The molecule has 4 nitrogen and oxygen atoms in total. The molecule has 1 unspecified atom stereocenters. The van der Waals surface area contributed by atoms with Gasteiger partial charge >= 0.3 is 0 Å². The van der Waals surface area contributed by atoms with Crippen molar-refractivity contribution in [3.63, 3.8) is 0 Å². The SMILES string of the molecule is Cc1nn(C)c(CC2(O)CCNC2)c1Br. The smallest absolute Gasteiger partial charge is 0.0839 e. The molecule has 0 radical (unpaired) electrons. The van der Waals surface area contributed by atoms with Crippen LogP contribution in [-0.4, -0.2) is 33.6 Å². The molecule has 0 spiro atoms. The molecule has 1 aliphatic heterocycles. The highest BCUT2D eigenvalue weighted by atomic mass is 79.9. The summed E-state index contributed by atoms with van der Waals surface area (Å²) in [6.45, 7) is 3.53. The van der Waals surface area contributed by atoms with E-state index in [2.05, 4.69) is 26.3 Å². The minimum absolute atomic E-state index is 0.608. The van der Waals surface area contributed by atoms with Crippen molar-refractivity contribution in [1.29, 1.82) is 0 Å². The van der Waals surface area contributed by atoms with Crippen LogP contribution in [0.5, 0.6) is 0 Å². The van der Waals surface area contributed by atoms with Gasteiger partial charge in [0.1, 0.15) is 0 Å². The van der Waals surface area contributed by atoms with Gasteiger partial charge in [0, 0.05) is 20.0 Å². The zero-order valence-electron chi connectivity index (χ0n) is 9.05. The second kappa shape index (κ2) is 3.88. The van der Waals surface area contributed by atoms with Gasteiger partial charge in [0.05, 0.1) is 21.5 Å². The van der Waals surface area contributed by atoms with Crippen LogP contribution in [0.2, 0.25) is 0 Å². The van der Waals surface area contributed by atoms with E-state index in [1.54, 1.807) is 0 Å². The second-order valence-electron chi connectivity index (χ2n) is 4.30. The third-order valence-corrected chi connectivity index (χ3v) is 4.01. The van der Waals surface area contributed by atoms with Crippen molar-refractivity contribution in [1.82, 2.24) is 15.1 Å². The fourth-order valence-electron chi connectivity index (χ4n) is 2.07. The molecule has 1 aliphatic rings. The summed E-state index contributed by atoms with van der Waals surface area (Å²) in [6.07, 6.45) is 1.46. The third kappa shape index (κ3) is 2.09. The van der Waals surface area contributed by atoms with Crippen LogP contribution in [0.4, 0.5) is 0 Å². The van der Waals surface area contributed by atoms with Crippen LogP contribution in [0.1, 0.15) is 17.8 Å². The molecule has 1 fully saturated rings. The van der Waals surface area contributed by atoms with Gasteiger partial charge < -0.3 is 10.4 Å². The van der Waals surface area contributed by atoms with Crippen LogP contribution in [-0.2, 0) is 13.5 Å². The maximum absolute atomic E-state index is 10.3. The average Bonchev–Trinajstić information content (AvgIpc) is 2.68. The zero-order valence-corrected chi connectivity index (χ0v) is 10.6. The van der Waals surface area contributed by atoms with Gasteiger partial charge in [-0.05, 0) is 35.8 Å². The molecule has 84 valence electrons. The molecule has 0 bridgehead atoms. The van der Waals surface area contributed by atoms with E-state index in [1.165, 1.54) is 0 Å². The van der Waals surface area contributed by atoms with Gasteiger partial charge in [-0.2, -0.15) is 5.10 Å². The van der Waals surface area contributed by atoms with Crippen molar-refractivity contribution in [3.05, 3.63) is 15.9 Å². The summed E-state index contributed by atoms with van der Waals surface area (Å²) < 4.78 is 2.86. The fraction of sp³-hybridized carbons (Fsp3) is 0.700. The monoisotopic (exact) mass is 273 g/mol. The first-order valence-corrected chi connectivity index (χ1v) is 5.92. The Morgan fingerprint density at radius 1 is 1.67 bits per heavy atom. The number of hydrogen-bond donors (Lipinski definition) is 2. The predicted octanol–water partition coefficient (Wildman–Crippen LogP) is 0.758. The molecule has 0 amide bonds. The Bertz CT molecular complexity index is 369. The van der Waals surface area contributed by atoms with Gasteiger partial charge in [-0.1, -0.05) is 0 Å². The van der Waals surface area contributed by atoms with Crippen molar-refractivity contribution >= 4 is 15.9 Å². The number of aryl methyl sites for hydroxylation is 2. The second-order valence-corrected chi connectivity index (χ2v) is 5.09. The number of nitrogens with one attached hydrogen (secondary N) is 1. The van der Waals surface area contributed by atoms with Gasteiger partial charge in [-0.15, -0.1) is 0 Å². The van der Waals surface area contributed by atoms with Gasteiger partial charge in [-0.3, -0.25) is 4.68 Å². The summed E-state index contributed by atoms with van der Waals surface area (Å²) in [5.74, 6) is 0. The standard InChI is InChI=1S/C10H16BrN3O/c1-7-9(11)8(14(2)13-7)5-10(15)3-4-12-6-10/h12,15H,3-6H2,1-2H3.